The molecule has 2 aromatic carbocycles. The van der Waals surface area contributed by atoms with Gasteiger partial charge in [-0.2, -0.15) is 4.31 Å². The molecule has 3 rings (SSSR count). The average Bonchev–Trinajstić information content (AvgIpc) is 2.77. The molecule has 0 spiro atoms. The second-order valence-electron chi connectivity index (χ2n) is 6.84. The lowest BCUT2D eigenvalue weighted by Crippen LogP contribution is -2.40. The van der Waals surface area contributed by atoms with Crippen LogP contribution < -0.4 is 15.5 Å². The molecule has 1 heterocycles. The Labute approximate surface area is 184 Å². The van der Waals surface area contributed by atoms with Gasteiger partial charge in [0.2, 0.25) is 10.0 Å². The molecule has 9 heteroatoms. The van der Waals surface area contributed by atoms with Crippen molar-refractivity contribution < 1.29 is 13.2 Å². The highest BCUT2D eigenvalue weighted by Gasteiger charge is 2.26. The summed E-state index contributed by atoms with van der Waals surface area (Å²) in [5.74, 6) is 0. The summed E-state index contributed by atoms with van der Waals surface area (Å²) < 4.78 is 32.1. The Balaban J connectivity index is 1.59. The number of hydrogen-bond acceptors (Lipinski definition) is 5. The van der Waals surface area contributed by atoms with Gasteiger partial charge < -0.3 is 20.3 Å². The van der Waals surface area contributed by atoms with Gasteiger partial charge in [-0.3, -0.25) is 0 Å². The number of rotatable bonds is 7. The first-order valence-corrected chi connectivity index (χ1v) is 11.9. The zero-order chi connectivity index (χ0) is 21.6. The molecule has 0 atom stereocenters. The van der Waals surface area contributed by atoms with E-state index >= 15 is 0 Å². The summed E-state index contributed by atoms with van der Waals surface area (Å²) >= 11 is 5.38. The van der Waals surface area contributed by atoms with Gasteiger partial charge in [-0.05, 0) is 74.6 Å². The summed E-state index contributed by atoms with van der Waals surface area (Å²) in [7, 11) is -3.50. The van der Waals surface area contributed by atoms with Gasteiger partial charge in [-0.15, -0.1) is 0 Å². The third-order valence-electron chi connectivity index (χ3n) is 4.97. The zero-order valence-corrected chi connectivity index (χ0v) is 18.9. The number of sulfonamides is 1. The lowest BCUT2D eigenvalue weighted by Gasteiger charge is -2.26. The highest BCUT2D eigenvalue weighted by Crippen LogP contribution is 2.21. The summed E-state index contributed by atoms with van der Waals surface area (Å²) in [6, 6.07) is 14.7. The molecule has 0 radical (unpaired) electrons. The van der Waals surface area contributed by atoms with Crippen molar-refractivity contribution in [2.75, 3.05) is 54.9 Å². The maximum Gasteiger partial charge on any atom is 0.243 e. The molecule has 0 unspecified atom stereocenters. The Morgan fingerprint density at radius 3 is 1.97 bits per heavy atom. The summed E-state index contributed by atoms with van der Waals surface area (Å²) in [5, 5.41) is 6.68. The number of ether oxygens (including phenoxy) is 1. The number of anilines is 3. The van der Waals surface area contributed by atoms with Crippen molar-refractivity contribution in [3.63, 3.8) is 0 Å². The minimum atomic E-state index is -3.50. The second-order valence-corrected chi connectivity index (χ2v) is 9.19. The Bertz CT molecular complexity index is 937. The Kier molecular flexibility index (Phi) is 7.65. The van der Waals surface area contributed by atoms with Crippen LogP contribution in [0.5, 0.6) is 0 Å². The van der Waals surface area contributed by atoms with Crippen molar-refractivity contribution in [2.24, 2.45) is 0 Å². The molecule has 30 heavy (non-hydrogen) atoms. The van der Waals surface area contributed by atoms with Crippen LogP contribution in [-0.2, 0) is 14.8 Å². The van der Waals surface area contributed by atoms with Crippen LogP contribution in [0.15, 0.2) is 53.4 Å². The number of nitrogens with zero attached hydrogens (tertiary/aromatic N) is 2. The number of hydrogen-bond donors (Lipinski definition) is 2. The van der Waals surface area contributed by atoms with Gasteiger partial charge >= 0.3 is 0 Å². The van der Waals surface area contributed by atoms with Crippen LogP contribution in [0.2, 0.25) is 0 Å². The van der Waals surface area contributed by atoms with Crippen LogP contribution in [0.4, 0.5) is 17.1 Å². The fraction of sp³-hybridized carbons (Fsp3) is 0.381. The first kappa shape index (κ1) is 22.5. The van der Waals surface area contributed by atoms with Crippen LogP contribution in [0, 0.1) is 0 Å². The van der Waals surface area contributed by atoms with E-state index in [0.29, 0.717) is 37.1 Å². The number of morpholine rings is 1. The van der Waals surface area contributed by atoms with E-state index in [0.717, 1.165) is 18.8 Å². The molecule has 1 fully saturated rings. The van der Waals surface area contributed by atoms with Gasteiger partial charge in [0.05, 0.1) is 18.1 Å². The zero-order valence-electron chi connectivity index (χ0n) is 17.3. The topological polar surface area (TPSA) is 73.9 Å². The van der Waals surface area contributed by atoms with Crippen LogP contribution in [0.1, 0.15) is 13.8 Å². The standard InChI is InChI=1S/C21H28N4O3S2/c1-3-24(4-2)19-9-5-17(6-10-19)22-21(29)23-18-7-11-20(12-8-18)30(26,27)25-13-15-28-16-14-25/h5-12H,3-4,13-16H2,1-2H3,(H2,22,23,29). The van der Waals surface area contributed by atoms with E-state index in [9.17, 15) is 8.42 Å². The molecule has 0 saturated carbocycles. The maximum atomic E-state index is 12.7. The van der Waals surface area contributed by atoms with Crippen molar-refractivity contribution in [1.29, 1.82) is 0 Å². The number of nitrogens with one attached hydrogen (secondary N) is 2. The average molecular weight is 449 g/mol. The Morgan fingerprint density at radius 2 is 1.47 bits per heavy atom. The fourth-order valence-electron chi connectivity index (χ4n) is 3.28. The quantitative estimate of drug-likeness (QED) is 0.629. The molecule has 7 nitrogen and oxygen atoms in total. The predicted octanol–water partition coefficient (Wildman–Crippen LogP) is 3.36. The monoisotopic (exact) mass is 448 g/mol. The lowest BCUT2D eigenvalue weighted by atomic mass is 10.2. The molecule has 0 amide bonds. The summed E-state index contributed by atoms with van der Waals surface area (Å²) in [6.07, 6.45) is 0. The van der Waals surface area contributed by atoms with E-state index < -0.39 is 10.0 Å². The third kappa shape index (κ3) is 5.48. The highest BCUT2D eigenvalue weighted by atomic mass is 32.2. The lowest BCUT2D eigenvalue weighted by molar-refractivity contribution is 0.0730. The van der Waals surface area contributed by atoms with Crippen LogP contribution in [-0.4, -0.2) is 57.2 Å². The summed E-state index contributed by atoms with van der Waals surface area (Å²) in [5.41, 5.74) is 2.77. The molecule has 1 saturated heterocycles. The van der Waals surface area contributed by atoms with Crippen molar-refractivity contribution in [1.82, 2.24) is 4.31 Å². The van der Waals surface area contributed by atoms with Crippen molar-refractivity contribution in [2.45, 2.75) is 18.7 Å². The Morgan fingerprint density at radius 1 is 0.967 bits per heavy atom. The van der Waals surface area contributed by atoms with E-state index in [4.69, 9.17) is 17.0 Å². The summed E-state index contributed by atoms with van der Waals surface area (Å²) in [6.45, 7) is 7.79. The third-order valence-corrected chi connectivity index (χ3v) is 7.09. The van der Waals surface area contributed by atoms with E-state index in [-0.39, 0.29) is 4.90 Å². The van der Waals surface area contributed by atoms with Gasteiger partial charge in [0, 0.05) is 43.2 Å². The maximum absolute atomic E-state index is 12.7. The molecule has 1 aliphatic rings. The van der Waals surface area contributed by atoms with Gasteiger partial charge in [-0.1, -0.05) is 0 Å². The van der Waals surface area contributed by atoms with E-state index in [1.54, 1.807) is 24.3 Å². The van der Waals surface area contributed by atoms with Crippen molar-refractivity contribution in [3.05, 3.63) is 48.5 Å². The minimum Gasteiger partial charge on any atom is -0.379 e. The first-order chi connectivity index (χ1) is 14.4. The van der Waals surface area contributed by atoms with Crippen molar-refractivity contribution in [3.8, 4) is 0 Å². The smallest absolute Gasteiger partial charge is 0.243 e. The SMILES string of the molecule is CCN(CC)c1ccc(NC(=S)Nc2ccc(S(=O)(=O)N3CCOCC3)cc2)cc1. The largest absolute Gasteiger partial charge is 0.379 e. The molecule has 1 aliphatic heterocycles. The minimum absolute atomic E-state index is 0.265. The van der Waals surface area contributed by atoms with Crippen LogP contribution in [0.25, 0.3) is 0 Å². The summed E-state index contributed by atoms with van der Waals surface area (Å²) in [4.78, 5) is 2.54. The molecule has 0 aliphatic carbocycles. The van der Waals surface area contributed by atoms with E-state index in [2.05, 4.69) is 41.5 Å². The normalized spacial score (nSPS) is 14.9. The number of thiocarbonyl (C=S) groups is 1. The van der Waals surface area contributed by atoms with Gasteiger partial charge in [0.1, 0.15) is 0 Å². The molecule has 2 N–H and O–H groups in total. The molecular formula is C21H28N4O3S2. The van der Waals surface area contributed by atoms with Gasteiger partial charge in [0.25, 0.3) is 0 Å². The molecule has 0 bridgehead atoms. The molecule has 2 aromatic rings. The van der Waals surface area contributed by atoms with Crippen LogP contribution >= 0.6 is 12.2 Å². The number of benzene rings is 2. The molecule has 0 aromatic heterocycles. The van der Waals surface area contributed by atoms with E-state index in [1.807, 2.05) is 12.1 Å². The second kappa shape index (κ2) is 10.2. The first-order valence-electron chi connectivity index (χ1n) is 10.0. The Hall–Kier alpha value is -2.20. The fourth-order valence-corrected chi connectivity index (χ4v) is 4.93. The molecule has 162 valence electrons. The van der Waals surface area contributed by atoms with Gasteiger partial charge in [-0.25, -0.2) is 8.42 Å². The van der Waals surface area contributed by atoms with Crippen LogP contribution in [0.3, 0.4) is 0 Å². The van der Waals surface area contributed by atoms with E-state index in [1.165, 1.54) is 9.99 Å². The highest BCUT2D eigenvalue weighted by molar-refractivity contribution is 7.89. The van der Waals surface area contributed by atoms with Gasteiger partial charge in [0.15, 0.2) is 5.11 Å². The molecular weight excluding hydrogens is 420 g/mol. The predicted molar refractivity (Wildman–Crippen MR) is 126 cm³/mol. The van der Waals surface area contributed by atoms with Crippen molar-refractivity contribution >= 4 is 44.4 Å².